The molecule has 0 aliphatic carbocycles. The highest BCUT2D eigenvalue weighted by Crippen LogP contribution is 2.20. The quantitative estimate of drug-likeness (QED) is 0.597. The maximum absolute atomic E-state index is 12.8. The minimum absolute atomic E-state index is 0.261. The number of benzene rings is 2. The van der Waals surface area contributed by atoms with Crippen molar-refractivity contribution in [1.82, 2.24) is 3.97 Å². The van der Waals surface area contributed by atoms with Gasteiger partial charge in [0.2, 0.25) is 0 Å². The van der Waals surface area contributed by atoms with E-state index in [9.17, 15) is 8.42 Å². The highest BCUT2D eigenvalue weighted by molar-refractivity contribution is 7.90. The van der Waals surface area contributed by atoms with Crippen molar-refractivity contribution in [3.05, 3.63) is 84.8 Å². The van der Waals surface area contributed by atoms with Crippen molar-refractivity contribution in [3.63, 3.8) is 0 Å². The fourth-order valence-electron chi connectivity index (χ4n) is 2.70. The number of anilines is 3. The van der Waals surface area contributed by atoms with Crippen molar-refractivity contribution in [3.8, 4) is 0 Å². The summed E-state index contributed by atoms with van der Waals surface area (Å²) in [5.74, 6) is 0. The molecule has 0 aliphatic rings. The third-order valence-electron chi connectivity index (χ3n) is 4.33. The van der Waals surface area contributed by atoms with Crippen LogP contribution in [0, 0.1) is 0 Å². The minimum Gasteiger partial charge on any atom is -0.397 e. The Morgan fingerprint density at radius 1 is 1.07 bits per heavy atom. The first-order valence-corrected chi connectivity index (χ1v) is 10.3. The second-order valence-electron chi connectivity index (χ2n) is 6.58. The molecule has 6 nitrogen and oxygen atoms in total. The molecule has 0 atom stereocenters. The number of para-hydroxylation sites is 2. The Kier molecular flexibility index (Phi) is 5.75. The molecule has 1 heterocycles. The zero-order valence-electron chi connectivity index (χ0n) is 15.9. The molecular formula is C21H24N4O2S. The van der Waals surface area contributed by atoms with E-state index in [0.717, 1.165) is 16.9 Å². The summed E-state index contributed by atoms with van der Waals surface area (Å²) in [4.78, 5) is 2.19. The van der Waals surface area contributed by atoms with Crippen LogP contribution in [0.15, 0.2) is 84.2 Å². The van der Waals surface area contributed by atoms with E-state index in [-0.39, 0.29) is 4.90 Å². The van der Waals surface area contributed by atoms with Gasteiger partial charge in [-0.05, 0) is 60.6 Å². The number of hydrogen-bond donors (Lipinski definition) is 2. The Bertz CT molecular complexity index is 1070. The Balaban J connectivity index is 1.67. The van der Waals surface area contributed by atoms with Crippen LogP contribution < -0.4 is 16.0 Å². The van der Waals surface area contributed by atoms with Crippen molar-refractivity contribution in [2.24, 2.45) is 0 Å². The third-order valence-corrected chi connectivity index (χ3v) is 5.98. The molecule has 3 aromatic rings. The summed E-state index contributed by atoms with van der Waals surface area (Å²) < 4.78 is 26.8. The Labute approximate surface area is 166 Å². The highest BCUT2D eigenvalue weighted by atomic mass is 32.2. The van der Waals surface area contributed by atoms with Crippen molar-refractivity contribution in [2.45, 2.75) is 11.3 Å². The Hall–Kier alpha value is -3.19. The first-order valence-electron chi connectivity index (χ1n) is 8.84. The van der Waals surface area contributed by atoms with Gasteiger partial charge < -0.3 is 16.0 Å². The Morgan fingerprint density at radius 2 is 1.79 bits per heavy atom. The van der Waals surface area contributed by atoms with Crippen LogP contribution in [0.2, 0.25) is 0 Å². The average Bonchev–Trinajstić information content (AvgIpc) is 3.16. The van der Waals surface area contributed by atoms with Crippen LogP contribution in [0.5, 0.6) is 0 Å². The van der Waals surface area contributed by atoms with Gasteiger partial charge in [-0.1, -0.05) is 18.2 Å². The summed E-state index contributed by atoms with van der Waals surface area (Å²) in [7, 11) is 0.228. The van der Waals surface area contributed by atoms with Gasteiger partial charge in [0.05, 0.1) is 16.3 Å². The topological polar surface area (TPSA) is 80.4 Å². The van der Waals surface area contributed by atoms with Crippen LogP contribution in [0.3, 0.4) is 0 Å². The smallest absolute Gasteiger partial charge is 0.267 e. The SMILES string of the molecule is CN(C)c1ccc(S(=O)(=O)n2ccc(C/C=C/Nc3ccccc3N)c2)cc1. The largest absolute Gasteiger partial charge is 0.397 e. The summed E-state index contributed by atoms with van der Waals surface area (Å²) in [6.45, 7) is 0. The predicted octanol–water partition coefficient (Wildman–Crippen LogP) is 3.54. The molecule has 0 aliphatic heterocycles. The van der Waals surface area contributed by atoms with Gasteiger partial charge in [-0.25, -0.2) is 12.4 Å². The van der Waals surface area contributed by atoms with Crippen molar-refractivity contribution < 1.29 is 8.42 Å². The van der Waals surface area contributed by atoms with Gasteiger partial charge in [0.1, 0.15) is 0 Å². The van der Waals surface area contributed by atoms with E-state index in [0.29, 0.717) is 12.1 Å². The predicted molar refractivity (Wildman–Crippen MR) is 115 cm³/mol. The normalized spacial score (nSPS) is 11.6. The maximum Gasteiger partial charge on any atom is 0.267 e. The molecule has 146 valence electrons. The second-order valence-corrected chi connectivity index (χ2v) is 8.42. The molecule has 0 saturated heterocycles. The van der Waals surface area contributed by atoms with Crippen molar-refractivity contribution >= 4 is 27.1 Å². The lowest BCUT2D eigenvalue weighted by atomic mass is 10.2. The fraction of sp³-hybridized carbons (Fsp3) is 0.143. The van der Waals surface area contributed by atoms with Crippen LogP contribution in [-0.4, -0.2) is 26.5 Å². The number of aromatic nitrogens is 1. The molecule has 0 amide bonds. The fourth-order valence-corrected chi connectivity index (χ4v) is 3.92. The van der Waals surface area contributed by atoms with Gasteiger partial charge in [-0.2, -0.15) is 0 Å². The number of nitrogens with one attached hydrogen (secondary N) is 1. The van der Waals surface area contributed by atoms with Gasteiger partial charge in [0.25, 0.3) is 10.0 Å². The van der Waals surface area contributed by atoms with Crippen LogP contribution in [0.4, 0.5) is 17.1 Å². The molecule has 0 saturated carbocycles. The molecule has 28 heavy (non-hydrogen) atoms. The summed E-state index contributed by atoms with van der Waals surface area (Å²) >= 11 is 0. The summed E-state index contributed by atoms with van der Waals surface area (Å²) in [6.07, 6.45) is 7.53. The first-order chi connectivity index (χ1) is 13.4. The number of nitrogens with two attached hydrogens (primary N) is 1. The molecule has 0 spiro atoms. The van der Waals surface area contributed by atoms with E-state index in [1.54, 1.807) is 48.9 Å². The molecule has 0 radical (unpaired) electrons. The molecule has 0 bridgehead atoms. The number of rotatable bonds is 7. The second kappa shape index (κ2) is 8.22. The molecular weight excluding hydrogens is 372 g/mol. The standard InChI is InChI=1S/C21H24N4O2S/c1-24(2)18-9-11-19(12-10-18)28(26,27)25-15-13-17(16-25)6-5-14-23-21-8-4-3-7-20(21)22/h3-5,7-16,23H,6,22H2,1-2H3/b14-5+. The number of hydrogen-bond acceptors (Lipinski definition) is 5. The number of allylic oxidation sites excluding steroid dienone is 1. The van der Waals surface area contributed by atoms with Crippen LogP contribution in [0.25, 0.3) is 0 Å². The van der Waals surface area contributed by atoms with Crippen LogP contribution in [-0.2, 0) is 16.4 Å². The Morgan fingerprint density at radius 3 is 2.46 bits per heavy atom. The van der Waals surface area contributed by atoms with E-state index < -0.39 is 10.0 Å². The minimum atomic E-state index is -3.60. The molecule has 3 N–H and O–H groups in total. The highest BCUT2D eigenvalue weighted by Gasteiger charge is 2.16. The van der Waals surface area contributed by atoms with Gasteiger partial charge in [0.15, 0.2) is 0 Å². The lowest BCUT2D eigenvalue weighted by molar-refractivity contribution is 0.587. The summed E-state index contributed by atoms with van der Waals surface area (Å²) in [5.41, 5.74) is 9.23. The maximum atomic E-state index is 12.8. The molecule has 0 unspecified atom stereocenters. The monoisotopic (exact) mass is 396 g/mol. The van der Waals surface area contributed by atoms with E-state index in [4.69, 9.17) is 5.73 Å². The van der Waals surface area contributed by atoms with Crippen molar-refractivity contribution in [2.75, 3.05) is 30.0 Å². The zero-order chi connectivity index (χ0) is 20.1. The molecule has 1 aromatic heterocycles. The lowest BCUT2D eigenvalue weighted by Crippen LogP contribution is -2.12. The van der Waals surface area contributed by atoms with Gasteiger partial charge in [-0.3, -0.25) is 0 Å². The molecule has 7 heteroatoms. The van der Waals surface area contributed by atoms with E-state index in [1.165, 1.54) is 3.97 Å². The van der Waals surface area contributed by atoms with Gasteiger partial charge >= 0.3 is 0 Å². The summed E-state index contributed by atoms with van der Waals surface area (Å²) in [6, 6.07) is 16.1. The zero-order valence-corrected chi connectivity index (χ0v) is 16.7. The average molecular weight is 397 g/mol. The molecule has 0 fully saturated rings. The van der Waals surface area contributed by atoms with E-state index in [1.807, 2.05) is 49.3 Å². The number of nitrogens with zero attached hydrogens (tertiary/aromatic N) is 2. The third kappa shape index (κ3) is 4.37. The van der Waals surface area contributed by atoms with Crippen LogP contribution >= 0.6 is 0 Å². The molecule has 3 rings (SSSR count). The van der Waals surface area contributed by atoms with E-state index >= 15 is 0 Å². The van der Waals surface area contributed by atoms with E-state index in [2.05, 4.69) is 5.32 Å². The number of nitrogen functional groups attached to an aromatic ring is 1. The summed E-state index contributed by atoms with van der Waals surface area (Å²) in [5, 5.41) is 3.13. The lowest BCUT2D eigenvalue weighted by Gasteiger charge is -2.13. The van der Waals surface area contributed by atoms with Gasteiger partial charge in [0, 0.05) is 32.2 Å². The van der Waals surface area contributed by atoms with Gasteiger partial charge in [-0.15, -0.1) is 0 Å². The molecule has 2 aromatic carbocycles. The van der Waals surface area contributed by atoms with Crippen molar-refractivity contribution in [1.29, 1.82) is 0 Å². The van der Waals surface area contributed by atoms with Crippen LogP contribution in [0.1, 0.15) is 5.56 Å². The first kappa shape index (κ1) is 19.6.